The summed E-state index contributed by atoms with van der Waals surface area (Å²) < 4.78 is 4.53. The van der Waals surface area contributed by atoms with E-state index >= 15 is 0 Å². The van der Waals surface area contributed by atoms with Crippen LogP contribution in [0.4, 0.5) is 5.13 Å². The monoisotopic (exact) mass is 293 g/mol. The average Bonchev–Trinajstić information content (AvgIpc) is 2.85. The Balaban J connectivity index is 2.05. The number of rotatable bonds is 4. The quantitative estimate of drug-likeness (QED) is 0.812. The van der Waals surface area contributed by atoms with Gasteiger partial charge in [-0.25, -0.2) is 4.98 Å². The van der Waals surface area contributed by atoms with Crippen LogP contribution in [0.5, 0.6) is 0 Å². The molecule has 2 rings (SSSR count). The van der Waals surface area contributed by atoms with E-state index in [1.54, 1.807) is 5.38 Å². The predicted molar refractivity (Wildman–Crippen MR) is 72.8 cm³/mol. The number of ether oxygens (including phenoxy) is 1. The van der Waals surface area contributed by atoms with E-state index in [9.17, 15) is 14.4 Å². The lowest BCUT2D eigenvalue weighted by molar-refractivity contribution is -0.139. The van der Waals surface area contributed by atoms with Crippen LogP contribution in [0, 0.1) is 0 Å². The summed E-state index contributed by atoms with van der Waals surface area (Å²) in [5.74, 6) is -0.873. The highest BCUT2D eigenvalue weighted by atomic mass is 32.1. The van der Waals surface area contributed by atoms with E-state index in [2.05, 4.69) is 20.0 Å². The van der Waals surface area contributed by atoms with Crippen LogP contribution in [0.25, 0.3) is 0 Å². The van der Waals surface area contributed by atoms with E-state index in [-0.39, 0.29) is 17.7 Å². The normalized spacial score (nSPS) is 10.1. The number of nitrogens with zero attached hydrogens (tertiary/aromatic N) is 1. The van der Waals surface area contributed by atoms with Crippen molar-refractivity contribution >= 4 is 28.3 Å². The molecule has 0 saturated heterocycles. The molecule has 0 unspecified atom stereocenters. The largest absolute Gasteiger partial charge is 0.469 e. The van der Waals surface area contributed by atoms with Gasteiger partial charge in [0.1, 0.15) is 5.69 Å². The van der Waals surface area contributed by atoms with Crippen LogP contribution in [0.3, 0.4) is 0 Å². The van der Waals surface area contributed by atoms with E-state index in [1.165, 1.54) is 36.6 Å². The van der Waals surface area contributed by atoms with E-state index < -0.39 is 11.9 Å². The SMILES string of the molecule is COC(=O)Cc1csc(NC(=O)c2cccc(=O)[nH]2)n1. The van der Waals surface area contributed by atoms with Crippen molar-refractivity contribution in [2.75, 3.05) is 12.4 Å². The number of aromatic amines is 1. The van der Waals surface area contributed by atoms with Crippen LogP contribution in [-0.2, 0) is 16.0 Å². The molecule has 20 heavy (non-hydrogen) atoms. The summed E-state index contributed by atoms with van der Waals surface area (Å²) >= 11 is 1.19. The van der Waals surface area contributed by atoms with Gasteiger partial charge in [-0.2, -0.15) is 0 Å². The number of aromatic nitrogens is 2. The topological polar surface area (TPSA) is 101 Å². The van der Waals surface area contributed by atoms with E-state index in [0.29, 0.717) is 10.8 Å². The minimum atomic E-state index is -0.471. The number of pyridine rings is 1. The fourth-order valence-corrected chi connectivity index (χ4v) is 2.12. The van der Waals surface area contributed by atoms with E-state index in [1.807, 2.05) is 0 Å². The number of thiazole rings is 1. The Hall–Kier alpha value is -2.48. The number of esters is 1. The molecule has 8 heteroatoms. The standard InChI is InChI=1S/C12H11N3O4S/c1-19-10(17)5-7-6-20-12(13-7)15-11(18)8-3-2-4-9(16)14-8/h2-4,6H,5H2,1H3,(H,14,16)(H,13,15,18). The molecule has 1 amide bonds. The summed E-state index contributed by atoms with van der Waals surface area (Å²) in [6.45, 7) is 0. The van der Waals surface area contributed by atoms with Crippen LogP contribution in [0.1, 0.15) is 16.2 Å². The first-order valence-electron chi connectivity index (χ1n) is 5.60. The Morgan fingerprint density at radius 1 is 1.45 bits per heavy atom. The second-order valence-corrected chi connectivity index (χ2v) is 4.64. The van der Waals surface area contributed by atoms with Crippen LogP contribution in [0.15, 0.2) is 28.4 Å². The molecule has 2 N–H and O–H groups in total. The van der Waals surface area contributed by atoms with Gasteiger partial charge in [0, 0.05) is 11.4 Å². The molecule has 0 radical (unpaired) electrons. The van der Waals surface area contributed by atoms with Gasteiger partial charge < -0.3 is 9.72 Å². The average molecular weight is 293 g/mol. The van der Waals surface area contributed by atoms with Crippen molar-refractivity contribution in [1.82, 2.24) is 9.97 Å². The molecule has 2 aromatic heterocycles. The zero-order valence-electron chi connectivity index (χ0n) is 10.5. The zero-order valence-corrected chi connectivity index (χ0v) is 11.3. The number of nitrogens with one attached hydrogen (secondary N) is 2. The molecule has 0 aliphatic rings. The molecule has 0 aliphatic carbocycles. The Morgan fingerprint density at radius 3 is 2.95 bits per heavy atom. The minimum Gasteiger partial charge on any atom is -0.469 e. The van der Waals surface area contributed by atoms with Crippen LogP contribution in [0.2, 0.25) is 0 Å². The van der Waals surface area contributed by atoms with Crippen molar-refractivity contribution in [2.24, 2.45) is 0 Å². The molecule has 0 saturated carbocycles. The van der Waals surface area contributed by atoms with Crippen LogP contribution >= 0.6 is 11.3 Å². The maximum absolute atomic E-state index is 11.8. The third-order valence-corrected chi connectivity index (χ3v) is 3.14. The summed E-state index contributed by atoms with van der Waals surface area (Å²) in [5.41, 5.74) is 0.295. The highest BCUT2D eigenvalue weighted by Gasteiger charge is 2.11. The number of H-pyrrole nitrogens is 1. The summed E-state index contributed by atoms with van der Waals surface area (Å²) in [5, 5.41) is 4.54. The molecule has 7 nitrogen and oxygen atoms in total. The fourth-order valence-electron chi connectivity index (χ4n) is 1.41. The first-order valence-corrected chi connectivity index (χ1v) is 6.48. The van der Waals surface area contributed by atoms with E-state index in [0.717, 1.165) is 0 Å². The number of anilines is 1. The summed E-state index contributed by atoms with van der Waals surface area (Å²) in [4.78, 5) is 40.5. The van der Waals surface area contributed by atoms with Crippen LogP contribution in [-0.4, -0.2) is 29.0 Å². The number of hydrogen-bond acceptors (Lipinski definition) is 6. The predicted octanol–water partition coefficient (Wildman–Crippen LogP) is 0.799. The van der Waals surface area contributed by atoms with E-state index in [4.69, 9.17) is 0 Å². The summed E-state index contributed by atoms with van der Waals surface area (Å²) in [7, 11) is 1.29. The van der Waals surface area contributed by atoms with Crippen molar-refractivity contribution in [2.45, 2.75) is 6.42 Å². The molecule has 0 spiro atoms. The third-order valence-electron chi connectivity index (χ3n) is 2.34. The molecule has 2 heterocycles. The number of carbonyl (C=O) groups is 2. The fraction of sp³-hybridized carbons (Fsp3) is 0.167. The Bertz CT molecular complexity index is 692. The minimum absolute atomic E-state index is 0.0467. The Labute approximate surface area is 117 Å². The van der Waals surface area contributed by atoms with Crippen LogP contribution < -0.4 is 10.9 Å². The summed E-state index contributed by atoms with van der Waals surface area (Å²) in [6.07, 6.45) is 0.0467. The lowest BCUT2D eigenvalue weighted by Gasteiger charge is -2.00. The molecule has 0 bridgehead atoms. The molecule has 104 valence electrons. The van der Waals surface area contributed by atoms with Crippen molar-refractivity contribution in [3.63, 3.8) is 0 Å². The van der Waals surface area contributed by atoms with Crippen molar-refractivity contribution in [3.8, 4) is 0 Å². The van der Waals surface area contributed by atoms with Crippen molar-refractivity contribution < 1.29 is 14.3 Å². The maximum atomic E-state index is 11.8. The Morgan fingerprint density at radius 2 is 2.25 bits per heavy atom. The first-order chi connectivity index (χ1) is 9.58. The zero-order chi connectivity index (χ0) is 14.5. The number of amides is 1. The van der Waals surface area contributed by atoms with Gasteiger partial charge in [-0.15, -0.1) is 11.3 Å². The van der Waals surface area contributed by atoms with Gasteiger partial charge in [0.25, 0.3) is 5.91 Å². The van der Waals surface area contributed by atoms with Crippen molar-refractivity contribution in [1.29, 1.82) is 0 Å². The second-order valence-electron chi connectivity index (χ2n) is 3.78. The van der Waals surface area contributed by atoms with Gasteiger partial charge >= 0.3 is 5.97 Å². The van der Waals surface area contributed by atoms with Gasteiger partial charge in [-0.05, 0) is 6.07 Å². The lowest BCUT2D eigenvalue weighted by Crippen LogP contribution is -2.17. The first kappa shape index (κ1) is 13.9. The number of methoxy groups -OCH3 is 1. The van der Waals surface area contributed by atoms with Gasteiger partial charge in [0.2, 0.25) is 5.56 Å². The lowest BCUT2D eigenvalue weighted by atomic mass is 10.3. The molecule has 0 atom stereocenters. The smallest absolute Gasteiger partial charge is 0.311 e. The number of carbonyl (C=O) groups excluding carboxylic acids is 2. The number of hydrogen-bond donors (Lipinski definition) is 2. The Kier molecular flexibility index (Phi) is 4.26. The van der Waals surface area contributed by atoms with Gasteiger partial charge in [-0.1, -0.05) is 6.07 Å². The molecule has 0 aromatic carbocycles. The van der Waals surface area contributed by atoms with Crippen molar-refractivity contribution in [3.05, 3.63) is 45.3 Å². The molecule has 0 aliphatic heterocycles. The van der Waals surface area contributed by atoms with Gasteiger partial charge in [0.05, 0.1) is 19.2 Å². The molecular formula is C12H11N3O4S. The summed E-state index contributed by atoms with van der Waals surface area (Å²) in [6, 6.07) is 4.28. The molecule has 0 fully saturated rings. The molecular weight excluding hydrogens is 282 g/mol. The molecule has 2 aromatic rings. The maximum Gasteiger partial charge on any atom is 0.311 e. The third kappa shape index (κ3) is 3.51. The second kappa shape index (κ2) is 6.11. The van der Waals surface area contributed by atoms with Gasteiger partial charge in [0.15, 0.2) is 5.13 Å². The highest BCUT2D eigenvalue weighted by molar-refractivity contribution is 7.14. The highest BCUT2D eigenvalue weighted by Crippen LogP contribution is 2.16. The van der Waals surface area contributed by atoms with Gasteiger partial charge in [-0.3, -0.25) is 19.7 Å².